The van der Waals surface area contributed by atoms with Crippen LogP contribution in [0.3, 0.4) is 0 Å². The van der Waals surface area contributed by atoms with Crippen LogP contribution in [0, 0.1) is 0 Å². The van der Waals surface area contributed by atoms with E-state index >= 15 is 0 Å². The number of ether oxygens (including phenoxy) is 1. The molecule has 0 rings (SSSR count). The van der Waals surface area contributed by atoms with Crippen molar-refractivity contribution in [1.29, 1.82) is 0 Å². The first-order valence-corrected chi connectivity index (χ1v) is 3.40. The summed E-state index contributed by atoms with van der Waals surface area (Å²) in [5, 5.41) is 1.74. The van der Waals surface area contributed by atoms with Gasteiger partial charge in [-0.3, -0.25) is 10.1 Å². The molecule has 1 atom stereocenters. The molecule has 0 aromatic rings. The van der Waals surface area contributed by atoms with Crippen LogP contribution in [-0.4, -0.2) is 31.3 Å². The molecule has 0 spiro atoms. The second-order valence-corrected chi connectivity index (χ2v) is 2.10. The van der Waals surface area contributed by atoms with Crippen LogP contribution in [0.15, 0.2) is 0 Å². The fourth-order valence-corrected chi connectivity index (χ4v) is 0.682. The lowest BCUT2D eigenvalue weighted by molar-refractivity contribution is -0.181. The minimum Gasteiger partial charge on any atom is -0.468 e. The summed E-state index contributed by atoms with van der Waals surface area (Å²) >= 11 is 4.98. The van der Waals surface area contributed by atoms with Gasteiger partial charge in [-0.25, -0.2) is 0 Å². The lowest BCUT2D eigenvalue weighted by atomic mass is 10.3. The van der Waals surface area contributed by atoms with Crippen molar-refractivity contribution in [3.8, 4) is 0 Å². The average Bonchev–Trinajstić information content (AvgIpc) is 1.96. The van der Waals surface area contributed by atoms with Crippen LogP contribution >= 0.6 is 11.6 Å². The van der Waals surface area contributed by atoms with Gasteiger partial charge in [0.05, 0.1) is 13.1 Å². The minimum absolute atomic E-state index is 0.473. The number of rotatable bonds is 3. The van der Waals surface area contributed by atoms with Crippen LogP contribution in [0.4, 0.5) is 13.2 Å². The molecule has 0 aromatic carbocycles. The Morgan fingerprint density at radius 2 is 2.17 bits per heavy atom. The fourth-order valence-electron chi connectivity index (χ4n) is 0.528. The summed E-state index contributed by atoms with van der Waals surface area (Å²) in [5.41, 5.74) is 0. The Balaban J connectivity index is 4.33. The summed E-state index contributed by atoms with van der Waals surface area (Å²) in [6.45, 7) is 0. The van der Waals surface area contributed by atoms with Crippen molar-refractivity contribution in [3.05, 3.63) is 0 Å². The number of carbonyl (C=O) groups excluding carboxylic acids is 1. The molecule has 0 unspecified atom stereocenters. The van der Waals surface area contributed by atoms with Crippen LogP contribution < -0.4 is 5.32 Å². The maximum atomic E-state index is 11.9. The molecule has 7 heteroatoms. The normalized spacial score (nSPS) is 14.1. The molecule has 72 valence electrons. The molecule has 0 amide bonds. The number of methoxy groups -OCH3 is 1. The Labute approximate surface area is 71.8 Å². The van der Waals surface area contributed by atoms with Gasteiger partial charge in [-0.05, 0) is 0 Å². The number of hydrogen-bond donors (Lipinski definition) is 1. The smallest absolute Gasteiger partial charge is 0.414 e. The minimum atomic E-state index is -4.68. The maximum Gasteiger partial charge on any atom is 0.414 e. The van der Waals surface area contributed by atoms with Crippen molar-refractivity contribution < 1.29 is 22.7 Å². The SMILES string of the molecule is COC(=O)[C@@H](NCCl)C(F)(F)F. The molecule has 0 bridgehead atoms. The number of nitrogens with one attached hydrogen (secondary N) is 1. The molecule has 0 aliphatic heterocycles. The van der Waals surface area contributed by atoms with E-state index in [2.05, 4.69) is 4.74 Å². The first-order chi connectivity index (χ1) is 5.43. The molecular weight excluding hydrogens is 199 g/mol. The predicted molar refractivity (Wildman–Crippen MR) is 35.7 cm³/mol. The number of esters is 1. The van der Waals surface area contributed by atoms with E-state index in [-0.39, 0.29) is 0 Å². The Hall–Kier alpha value is -0.490. The molecule has 1 N–H and O–H groups in total. The molecule has 0 aliphatic carbocycles. The first-order valence-electron chi connectivity index (χ1n) is 2.87. The topological polar surface area (TPSA) is 38.3 Å². The fraction of sp³-hybridized carbons (Fsp3) is 0.800. The third-order valence-electron chi connectivity index (χ3n) is 1.05. The van der Waals surface area contributed by atoms with Gasteiger partial charge in [0, 0.05) is 0 Å². The lowest BCUT2D eigenvalue weighted by Crippen LogP contribution is -2.48. The van der Waals surface area contributed by atoms with E-state index in [9.17, 15) is 18.0 Å². The van der Waals surface area contributed by atoms with Crippen LogP contribution in [0.2, 0.25) is 0 Å². The summed E-state index contributed by atoms with van der Waals surface area (Å²) in [5.74, 6) is -1.40. The van der Waals surface area contributed by atoms with Gasteiger partial charge in [-0.1, -0.05) is 0 Å². The lowest BCUT2D eigenvalue weighted by Gasteiger charge is -2.17. The van der Waals surface area contributed by atoms with E-state index in [0.717, 1.165) is 7.11 Å². The van der Waals surface area contributed by atoms with Crippen molar-refractivity contribution >= 4 is 17.6 Å². The van der Waals surface area contributed by atoms with Crippen molar-refractivity contribution in [3.63, 3.8) is 0 Å². The van der Waals surface area contributed by atoms with Gasteiger partial charge < -0.3 is 4.74 Å². The van der Waals surface area contributed by atoms with Crippen molar-refractivity contribution in [1.82, 2.24) is 5.32 Å². The van der Waals surface area contributed by atoms with Crippen LogP contribution in [-0.2, 0) is 9.53 Å². The van der Waals surface area contributed by atoms with Crippen LogP contribution in [0.25, 0.3) is 0 Å². The highest BCUT2D eigenvalue weighted by Crippen LogP contribution is 2.20. The van der Waals surface area contributed by atoms with Gasteiger partial charge in [0.15, 0.2) is 0 Å². The monoisotopic (exact) mass is 205 g/mol. The summed E-state index contributed by atoms with van der Waals surface area (Å²) in [4.78, 5) is 10.5. The molecule has 0 saturated carbocycles. The third-order valence-corrected chi connectivity index (χ3v) is 1.20. The van der Waals surface area contributed by atoms with Crippen molar-refractivity contribution in [2.45, 2.75) is 12.2 Å². The standard InChI is InChI=1S/C5H7ClF3NO2/c1-12-4(11)3(10-2-6)5(7,8)9/h3,10H,2H2,1H3/t3-/m1/s1. The summed E-state index contributed by atoms with van der Waals surface area (Å²) in [6.07, 6.45) is -4.68. The number of alkyl halides is 4. The van der Waals surface area contributed by atoms with Gasteiger partial charge in [0.2, 0.25) is 6.04 Å². The van der Waals surface area contributed by atoms with E-state index < -0.39 is 24.2 Å². The van der Waals surface area contributed by atoms with E-state index in [1.54, 1.807) is 5.32 Å². The molecule has 0 aromatic heterocycles. The van der Waals surface area contributed by atoms with Gasteiger partial charge in [0.25, 0.3) is 0 Å². The molecule has 12 heavy (non-hydrogen) atoms. The molecule has 0 aliphatic rings. The predicted octanol–water partition coefficient (Wildman–Crippen LogP) is 0.876. The number of halogens is 4. The Morgan fingerprint density at radius 1 is 1.67 bits per heavy atom. The van der Waals surface area contributed by atoms with Gasteiger partial charge in [-0.2, -0.15) is 13.2 Å². The van der Waals surface area contributed by atoms with Gasteiger partial charge in [-0.15, -0.1) is 11.6 Å². The molecule has 0 heterocycles. The van der Waals surface area contributed by atoms with Gasteiger partial charge in [0.1, 0.15) is 0 Å². The average molecular weight is 206 g/mol. The summed E-state index contributed by atoms with van der Waals surface area (Å²) in [6, 6.07) is -2.82. The first kappa shape index (κ1) is 11.5. The summed E-state index contributed by atoms with van der Waals surface area (Å²) < 4.78 is 39.7. The zero-order valence-electron chi connectivity index (χ0n) is 6.11. The van der Waals surface area contributed by atoms with Crippen LogP contribution in [0.5, 0.6) is 0 Å². The quantitative estimate of drug-likeness (QED) is 0.422. The largest absolute Gasteiger partial charge is 0.468 e. The Morgan fingerprint density at radius 3 is 2.42 bits per heavy atom. The number of carbonyl (C=O) groups is 1. The number of hydrogen-bond acceptors (Lipinski definition) is 3. The molecule has 0 saturated heterocycles. The summed E-state index contributed by atoms with van der Waals surface area (Å²) in [7, 11) is 0.872. The Bertz CT molecular complexity index is 161. The van der Waals surface area contributed by atoms with Gasteiger partial charge >= 0.3 is 12.1 Å². The highest BCUT2D eigenvalue weighted by molar-refractivity contribution is 6.17. The third kappa shape index (κ3) is 3.27. The molecule has 0 fully saturated rings. The Kier molecular flexibility index (Phi) is 4.33. The van der Waals surface area contributed by atoms with E-state index in [4.69, 9.17) is 11.6 Å². The molecular formula is C5H7ClF3NO2. The highest BCUT2D eigenvalue weighted by atomic mass is 35.5. The van der Waals surface area contributed by atoms with Crippen molar-refractivity contribution in [2.24, 2.45) is 0 Å². The zero-order valence-corrected chi connectivity index (χ0v) is 6.87. The maximum absolute atomic E-state index is 11.9. The second kappa shape index (κ2) is 4.51. The van der Waals surface area contributed by atoms with Crippen molar-refractivity contribution in [2.75, 3.05) is 13.1 Å². The van der Waals surface area contributed by atoms with E-state index in [1.165, 1.54) is 0 Å². The second-order valence-electron chi connectivity index (χ2n) is 1.84. The van der Waals surface area contributed by atoms with E-state index in [1.807, 2.05) is 0 Å². The molecule has 0 radical (unpaired) electrons. The highest BCUT2D eigenvalue weighted by Gasteiger charge is 2.45. The van der Waals surface area contributed by atoms with Crippen LogP contribution in [0.1, 0.15) is 0 Å². The zero-order chi connectivity index (χ0) is 9.78. The molecule has 3 nitrogen and oxygen atoms in total. The van der Waals surface area contributed by atoms with E-state index in [0.29, 0.717) is 0 Å².